The molecule has 1 saturated carbocycles. The van der Waals surface area contributed by atoms with Gasteiger partial charge in [-0.1, -0.05) is 20.8 Å². The second-order valence-corrected chi connectivity index (χ2v) is 5.81. The number of hydrogen-bond donors (Lipinski definition) is 2. The molecule has 3 heteroatoms. The van der Waals surface area contributed by atoms with Crippen LogP contribution in [-0.2, 0) is 4.74 Å². The van der Waals surface area contributed by atoms with Gasteiger partial charge in [0.15, 0.2) is 0 Å². The van der Waals surface area contributed by atoms with Crippen molar-refractivity contribution in [3.63, 3.8) is 0 Å². The van der Waals surface area contributed by atoms with Crippen molar-refractivity contribution in [2.24, 2.45) is 11.3 Å². The Morgan fingerprint density at radius 1 is 1.47 bits per heavy atom. The predicted octanol–water partition coefficient (Wildman–Crippen LogP) is 0.821. The lowest BCUT2D eigenvalue weighted by atomic mass is 9.71. The maximum absolute atomic E-state index is 9.40. The van der Waals surface area contributed by atoms with Gasteiger partial charge in [0, 0.05) is 0 Å². The Morgan fingerprint density at radius 3 is 2.67 bits per heavy atom. The summed E-state index contributed by atoms with van der Waals surface area (Å²) in [5, 5.41) is 9.40. The summed E-state index contributed by atoms with van der Waals surface area (Å²) in [6, 6.07) is 0. The molecule has 1 rings (SSSR count). The van der Waals surface area contributed by atoms with Crippen molar-refractivity contribution in [3.8, 4) is 0 Å². The highest BCUT2D eigenvalue weighted by Crippen LogP contribution is 2.39. The fraction of sp³-hybridized carbons (Fsp3) is 1.00. The Labute approximate surface area is 93.0 Å². The molecule has 15 heavy (non-hydrogen) atoms. The van der Waals surface area contributed by atoms with Gasteiger partial charge in [0.05, 0.1) is 12.7 Å². The Hall–Kier alpha value is -0.120. The van der Waals surface area contributed by atoms with Gasteiger partial charge in [-0.3, -0.25) is 0 Å². The van der Waals surface area contributed by atoms with E-state index in [1.807, 2.05) is 0 Å². The summed E-state index contributed by atoms with van der Waals surface area (Å²) >= 11 is 0. The lowest BCUT2D eigenvalue weighted by molar-refractivity contribution is -0.386. The third kappa shape index (κ3) is 4.49. The summed E-state index contributed by atoms with van der Waals surface area (Å²) in [6.45, 7) is 7.87. The van der Waals surface area contributed by atoms with Gasteiger partial charge in [0.25, 0.3) is 0 Å². The summed E-state index contributed by atoms with van der Waals surface area (Å²) < 4.78 is 5.75. The van der Waals surface area contributed by atoms with Crippen LogP contribution >= 0.6 is 0 Å². The maximum Gasteiger partial charge on any atom is 0.126 e. The van der Waals surface area contributed by atoms with Crippen LogP contribution in [0.25, 0.3) is 0 Å². The number of hydrogen-bond acceptors (Lipinski definition) is 2. The second-order valence-electron chi connectivity index (χ2n) is 5.81. The first-order chi connectivity index (χ1) is 6.93. The molecule has 90 valence electrons. The van der Waals surface area contributed by atoms with Gasteiger partial charge >= 0.3 is 0 Å². The molecule has 0 aliphatic heterocycles. The molecular formula is C12H26NO2+. The van der Waals surface area contributed by atoms with E-state index >= 15 is 0 Å². The van der Waals surface area contributed by atoms with E-state index in [9.17, 15) is 5.11 Å². The first-order valence-electron chi connectivity index (χ1n) is 6.02. The molecule has 0 heterocycles. The van der Waals surface area contributed by atoms with Gasteiger partial charge in [-0.05, 0) is 30.6 Å². The zero-order valence-corrected chi connectivity index (χ0v) is 10.3. The van der Waals surface area contributed by atoms with Crippen LogP contribution in [0.1, 0.15) is 40.0 Å². The third-order valence-electron chi connectivity index (χ3n) is 3.20. The van der Waals surface area contributed by atoms with Gasteiger partial charge in [-0.25, -0.2) is 0 Å². The van der Waals surface area contributed by atoms with Crippen LogP contribution in [-0.4, -0.2) is 30.5 Å². The van der Waals surface area contributed by atoms with Crippen molar-refractivity contribution in [1.29, 1.82) is 0 Å². The third-order valence-corrected chi connectivity index (χ3v) is 3.20. The molecule has 1 fully saturated rings. The smallest absolute Gasteiger partial charge is 0.126 e. The zero-order valence-electron chi connectivity index (χ0n) is 10.3. The Balaban J connectivity index is 2.35. The van der Waals surface area contributed by atoms with E-state index in [2.05, 4.69) is 26.5 Å². The van der Waals surface area contributed by atoms with Gasteiger partial charge in [0.1, 0.15) is 12.6 Å². The minimum Gasteiger partial charge on any atom is -0.385 e. The van der Waals surface area contributed by atoms with Gasteiger partial charge in [0.2, 0.25) is 0 Å². The maximum atomic E-state index is 9.40. The number of quaternary nitrogens is 1. The van der Waals surface area contributed by atoms with E-state index in [-0.39, 0.29) is 0 Å². The summed E-state index contributed by atoms with van der Waals surface area (Å²) in [6.07, 6.45) is 3.45. The predicted molar refractivity (Wildman–Crippen MR) is 60.3 cm³/mol. The standard InChI is InChI=1S/C12H25NO2/c1-9-4-11(6-12(2,3)5-9)15-8-10(14)7-13/h9-11,14H,4-8,13H2,1-3H3/p+1/t9-,10-,11+/m1/s1. The van der Waals surface area contributed by atoms with Crippen molar-refractivity contribution < 1.29 is 15.6 Å². The average Bonchev–Trinajstić information content (AvgIpc) is 2.11. The molecule has 0 saturated heterocycles. The molecule has 0 bridgehead atoms. The van der Waals surface area contributed by atoms with Crippen LogP contribution in [0.3, 0.4) is 0 Å². The largest absolute Gasteiger partial charge is 0.385 e. The van der Waals surface area contributed by atoms with Gasteiger partial charge in [-0.2, -0.15) is 0 Å². The van der Waals surface area contributed by atoms with Crippen molar-refractivity contribution in [3.05, 3.63) is 0 Å². The number of aliphatic hydroxyl groups is 1. The normalized spacial score (nSPS) is 32.6. The summed E-state index contributed by atoms with van der Waals surface area (Å²) in [7, 11) is 0. The van der Waals surface area contributed by atoms with Crippen LogP contribution in [0.4, 0.5) is 0 Å². The van der Waals surface area contributed by atoms with Gasteiger partial charge < -0.3 is 15.6 Å². The topological polar surface area (TPSA) is 57.1 Å². The molecule has 0 aromatic heterocycles. The molecule has 1 aliphatic rings. The molecule has 0 amide bonds. The van der Waals surface area contributed by atoms with Crippen molar-refractivity contribution in [2.75, 3.05) is 13.2 Å². The minimum absolute atomic E-state index is 0.324. The van der Waals surface area contributed by atoms with E-state index in [0.717, 1.165) is 18.8 Å². The van der Waals surface area contributed by atoms with E-state index < -0.39 is 6.10 Å². The van der Waals surface area contributed by atoms with Crippen molar-refractivity contribution in [2.45, 2.75) is 52.2 Å². The quantitative estimate of drug-likeness (QED) is 0.731. The molecule has 3 nitrogen and oxygen atoms in total. The van der Waals surface area contributed by atoms with Crippen molar-refractivity contribution >= 4 is 0 Å². The highest BCUT2D eigenvalue weighted by Gasteiger charge is 2.32. The Morgan fingerprint density at radius 2 is 2.13 bits per heavy atom. The summed E-state index contributed by atoms with van der Waals surface area (Å²) in [5.74, 6) is 0.732. The lowest BCUT2D eigenvalue weighted by Gasteiger charge is -2.38. The molecule has 4 N–H and O–H groups in total. The summed E-state index contributed by atoms with van der Waals surface area (Å²) in [5.41, 5.74) is 4.05. The zero-order chi connectivity index (χ0) is 11.5. The monoisotopic (exact) mass is 216 g/mol. The minimum atomic E-state index is -0.398. The van der Waals surface area contributed by atoms with Crippen molar-refractivity contribution in [1.82, 2.24) is 0 Å². The highest BCUT2D eigenvalue weighted by atomic mass is 16.5. The highest BCUT2D eigenvalue weighted by molar-refractivity contribution is 4.83. The molecule has 0 spiro atoms. The van der Waals surface area contributed by atoms with Gasteiger partial charge in [-0.15, -0.1) is 0 Å². The first kappa shape index (κ1) is 12.9. The second kappa shape index (κ2) is 5.28. The van der Waals surface area contributed by atoms with Crippen LogP contribution in [0, 0.1) is 11.3 Å². The molecule has 0 unspecified atom stereocenters. The van der Waals surface area contributed by atoms with Crippen LogP contribution in [0.15, 0.2) is 0 Å². The van der Waals surface area contributed by atoms with E-state index in [4.69, 9.17) is 4.74 Å². The fourth-order valence-electron chi connectivity index (χ4n) is 2.72. The van der Waals surface area contributed by atoms with E-state index in [1.165, 1.54) is 6.42 Å². The number of ether oxygens (including phenoxy) is 1. The Kier molecular flexibility index (Phi) is 4.56. The molecule has 0 aromatic rings. The molecule has 1 aliphatic carbocycles. The lowest BCUT2D eigenvalue weighted by Crippen LogP contribution is -2.56. The summed E-state index contributed by atoms with van der Waals surface area (Å²) in [4.78, 5) is 0. The van der Waals surface area contributed by atoms with Crippen LogP contribution in [0.5, 0.6) is 0 Å². The van der Waals surface area contributed by atoms with Crippen LogP contribution < -0.4 is 5.73 Å². The van der Waals surface area contributed by atoms with Crippen LogP contribution in [0.2, 0.25) is 0 Å². The van der Waals surface area contributed by atoms with E-state index in [0.29, 0.717) is 24.7 Å². The SMILES string of the molecule is C[C@@H]1C[C@H](OC[C@H](O)C[NH3+])CC(C)(C)C1. The first-order valence-corrected chi connectivity index (χ1v) is 6.02. The molecule has 3 atom stereocenters. The molecular weight excluding hydrogens is 190 g/mol. The Bertz CT molecular complexity index is 194. The fourth-order valence-corrected chi connectivity index (χ4v) is 2.72. The average molecular weight is 216 g/mol. The number of aliphatic hydroxyl groups excluding tert-OH is 1. The van der Waals surface area contributed by atoms with E-state index in [1.54, 1.807) is 0 Å². The molecule has 0 radical (unpaired) electrons. The molecule has 0 aromatic carbocycles. The number of rotatable bonds is 4.